The summed E-state index contributed by atoms with van der Waals surface area (Å²) in [4.78, 5) is 12.6. The highest BCUT2D eigenvalue weighted by atomic mass is 32.2. The third kappa shape index (κ3) is 3.83. The highest BCUT2D eigenvalue weighted by Gasteiger charge is 2.28. The van der Waals surface area contributed by atoms with E-state index >= 15 is 0 Å². The number of benzene rings is 2. The van der Waals surface area contributed by atoms with Crippen molar-refractivity contribution < 1.29 is 13.2 Å². The van der Waals surface area contributed by atoms with Crippen LogP contribution in [0.15, 0.2) is 47.4 Å². The lowest BCUT2D eigenvalue weighted by molar-refractivity contribution is 0.102. The molecular formula is C18H20N2O3S. The van der Waals surface area contributed by atoms with Gasteiger partial charge < -0.3 is 5.32 Å². The highest BCUT2D eigenvalue weighted by molar-refractivity contribution is 7.89. The average Bonchev–Trinajstić information content (AvgIpc) is 3.33. The molecule has 0 atom stereocenters. The van der Waals surface area contributed by atoms with Crippen LogP contribution in [0.25, 0.3) is 0 Å². The van der Waals surface area contributed by atoms with Crippen LogP contribution in [0, 0.1) is 13.8 Å². The molecule has 2 N–H and O–H groups in total. The van der Waals surface area contributed by atoms with E-state index in [-0.39, 0.29) is 16.8 Å². The summed E-state index contributed by atoms with van der Waals surface area (Å²) in [5.41, 5.74) is 3.11. The van der Waals surface area contributed by atoms with Crippen molar-refractivity contribution in [3.63, 3.8) is 0 Å². The molecule has 1 amide bonds. The minimum atomic E-state index is -3.57. The van der Waals surface area contributed by atoms with E-state index in [1.165, 1.54) is 12.1 Å². The molecule has 0 aliphatic heterocycles. The summed E-state index contributed by atoms with van der Waals surface area (Å²) in [6.45, 7) is 3.91. The number of hydrogen-bond donors (Lipinski definition) is 2. The summed E-state index contributed by atoms with van der Waals surface area (Å²) < 4.78 is 27.1. The van der Waals surface area contributed by atoms with E-state index in [1.54, 1.807) is 12.1 Å². The second kappa shape index (κ2) is 6.37. The Morgan fingerprint density at radius 3 is 2.50 bits per heavy atom. The van der Waals surface area contributed by atoms with Crippen molar-refractivity contribution in [2.24, 2.45) is 0 Å². The molecule has 0 unspecified atom stereocenters. The van der Waals surface area contributed by atoms with E-state index in [0.717, 1.165) is 29.7 Å². The minimum Gasteiger partial charge on any atom is -0.322 e. The van der Waals surface area contributed by atoms with Gasteiger partial charge in [0.2, 0.25) is 10.0 Å². The summed E-state index contributed by atoms with van der Waals surface area (Å²) >= 11 is 0. The van der Waals surface area contributed by atoms with Crippen LogP contribution in [-0.4, -0.2) is 20.4 Å². The van der Waals surface area contributed by atoms with E-state index in [0.29, 0.717) is 5.56 Å². The largest absolute Gasteiger partial charge is 0.322 e. The third-order valence-corrected chi connectivity index (χ3v) is 5.45. The van der Waals surface area contributed by atoms with Crippen LogP contribution in [0.5, 0.6) is 0 Å². The molecule has 0 heterocycles. The first-order valence-electron chi connectivity index (χ1n) is 7.86. The number of amides is 1. The Balaban J connectivity index is 1.81. The van der Waals surface area contributed by atoms with Gasteiger partial charge >= 0.3 is 0 Å². The number of rotatable bonds is 5. The van der Waals surface area contributed by atoms with Crippen LogP contribution in [0.4, 0.5) is 5.69 Å². The summed E-state index contributed by atoms with van der Waals surface area (Å²) in [6.07, 6.45) is 1.73. The van der Waals surface area contributed by atoms with Crippen molar-refractivity contribution in [2.45, 2.75) is 37.6 Å². The maximum atomic E-state index is 12.4. The van der Waals surface area contributed by atoms with Crippen LogP contribution in [0.2, 0.25) is 0 Å². The normalized spacial score (nSPS) is 14.4. The lowest BCUT2D eigenvalue weighted by Gasteiger charge is -2.10. The lowest BCUT2D eigenvalue weighted by Crippen LogP contribution is -2.26. The molecule has 126 valence electrons. The molecule has 1 fully saturated rings. The Kier molecular flexibility index (Phi) is 4.43. The summed E-state index contributed by atoms with van der Waals surface area (Å²) in [7, 11) is -3.57. The van der Waals surface area contributed by atoms with Crippen molar-refractivity contribution in [1.82, 2.24) is 4.72 Å². The first-order valence-corrected chi connectivity index (χ1v) is 9.34. The van der Waals surface area contributed by atoms with Crippen molar-refractivity contribution >= 4 is 21.6 Å². The zero-order chi connectivity index (χ0) is 17.3. The standard InChI is InChI=1S/C18H20N2O3S/c1-12-6-9-17(13(2)10-12)19-18(21)14-4-3-5-16(11-14)24(22,23)20-15-7-8-15/h3-6,9-11,15,20H,7-8H2,1-2H3,(H,19,21). The fraction of sp³-hybridized carbons (Fsp3) is 0.278. The number of nitrogens with one attached hydrogen (secondary N) is 2. The predicted molar refractivity (Wildman–Crippen MR) is 93.7 cm³/mol. The van der Waals surface area contributed by atoms with Gasteiger partial charge in [-0.3, -0.25) is 4.79 Å². The highest BCUT2D eigenvalue weighted by Crippen LogP contribution is 2.23. The molecule has 6 heteroatoms. The topological polar surface area (TPSA) is 75.3 Å². The number of sulfonamides is 1. The Hall–Kier alpha value is -2.18. The van der Waals surface area contributed by atoms with Crippen LogP contribution in [-0.2, 0) is 10.0 Å². The van der Waals surface area contributed by atoms with E-state index in [1.807, 2.05) is 32.0 Å². The fourth-order valence-electron chi connectivity index (χ4n) is 2.44. The second-order valence-electron chi connectivity index (χ2n) is 6.20. The molecule has 0 saturated heterocycles. The van der Waals surface area contributed by atoms with Gasteiger partial charge in [-0.25, -0.2) is 13.1 Å². The first-order chi connectivity index (χ1) is 11.3. The van der Waals surface area contributed by atoms with Gasteiger partial charge in [-0.1, -0.05) is 23.8 Å². The number of aryl methyl sites for hydroxylation is 2. The van der Waals surface area contributed by atoms with Gasteiger partial charge in [0.05, 0.1) is 4.90 Å². The predicted octanol–water partition coefficient (Wildman–Crippen LogP) is 3.00. The number of hydrogen-bond acceptors (Lipinski definition) is 3. The van der Waals surface area contributed by atoms with Crippen molar-refractivity contribution in [3.8, 4) is 0 Å². The number of anilines is 1. The monoisotopic (exact) mass is 344 g/mol. The molecule has 2 aromatic carbocycles. The Labute approximate surface area is 142 Å². The van der Waals surface area contributed by atoms with Crippen molar-refractivity contribution in [1.29, 1.82) is 0 Å². The summed E-state index contributed by atoms with van der Waals surface area (Å²) in [5, 5.41) is 2.83. The van der Waals surface area contributed by atoms with Crippen molar-refractivity contribution in [2.75, 3.05) is 5.32 Å². The Bertz CT molecular complexity index is 887. The van der Waals surface area contributed by atoms with E-state index in [9.17, 15) is 13.2 Å². The maximum Gasteiger partial charge on any atom is 0.255 e. The lowest BCUT2D eigenvalue weighted by atomic mass is 10.1. The number of carbonyl (C=O) groups is 1. The quantitative estimate of drug-likeness (QED) is 0.875. The van der Waals surface area contributed by atoms with Gasteiger partial charge in [0, 0.05) is 17.3 Å². The molecule has 0 spiro atoms. The van der Waals surface area contributed by atoms with E-state index in [4.69, 9.17) is 0 Å². The zero-order valence-corrected chi connectivity index (χ0v) is 14.5. The fourth-order valence-corrected chi connectivity index (χ4v) is 3.79. The Morgan fingerprint density at radius 2 is 1.83 bits per heavy atom. The third-order valence-electron chi connectivity index (χ3n) is 3.94. The molecule has 1 saturated carbocycles. The Morgan fingerprint density at radius 1 is 1.08 bits per heavy atom. The van der Waals surface area contributed by atoms with Crippen LogP contribution >= 0.6 is 0 Å². The molecular weight excluding hydrogens is 324 g/mol. The van der Waals surface area contributed by atoms with Gasteiger partial charge in [0.15, 0.2) is 0 Å². The van der Waals surface area contributed by atoms with Crippen LogP contribution < -0.4 is 10.0 Å². The summed E-state index contributed by atoms with van der Waals surface area (Å²) in [5.74, 6) is -0.328. The van der Waals surface area contributed by atoms with Gasteiger partial charge in [-0.2, -0.15) is 0 Å². The molecule has 0 aromatic heterocycles. The molecule has 2 aromatic rings. The molecule has 0 bridgehead atoms. The maximum absolute atomic E-state index is 12.4. The van der Waals surface area contributed by atoms with E-state index < -0.39 is 10.0 Å². The second-order valence-corrected chi connectivity index (χ2v) is 7.91. The minimum absolute atomic E-state index is 0.0303. The molecule has 1 aliphatic rings. The SMILES string of the molecule is Cc1ccc(NC(=O)c2cccc(S(=O)(=O)NC3CC3)c2)c(C)c1. The smallest absolute Gasteiger partial charge is 0.255 e. The molecule has 5 nitrogen and oxygen atoms in total. The van der Waals surface area contributed by atoms with E-state index in [2.05, 4.69) is 10.0 Å². The van der Waals surface area contributed by atoms with Gasteiger partial charge in [-0.15, -0.1) is 0 Å². The molecule has 1 aliphatic carbocycles. The van der Waals surface area contributed by atoms with Gasteiger partial charge in [0.25, 0.3) is 5.91 Å². The van der Waals surface area contributed by atoms with Crippen molar-refractivity contribution in [3.05, 3.63) is 59.2 Å². The average molecular weight is 344 g/mol. The number of carbonyl (C=O) groups excluding carboxylic acids is 1. The first kappa shape index (κ1) is 16.7. The molecule has 0 radical (unpaired) electrons. The molecule has 24 heavy (non-hydrogen) atoms. The zero-order valence-electron chi connectivity index (χ0n) is 13.7. The summed E-state index contributed by atoms with van der Waals surface area (Å²) in [6, 6.07) is 11.9. The van der Waals surface area contributed by atoms with Crippen LogP contribution in [0.1, 0.15) is 34.3 Å². The van der Waals surface area contributed by atoms with Gasteiger partial charge in [-0.05, 0) is 56.5 Å². The van der Waals surface area contributed by atoms with Gasteiger partial charge in [0.1, 0.15) is 0 Å². The van der Waals surface area contributed by atoms with Crippen LogP contribution in [0.3, 0.4) is 0 Å². The molecule has 3 rings (SSSR count).